The van der Waals surface area contributed by atoms with Crippen molar-refractivity contribution in [1.82, 2.24) is 5.43 Å². The highest BCUT2D eigenvalue weighted by Crippen LogP contribution is 2.19. The molecule has 1 aromatic rings. The Balaban J connectivity index is 2.68. The molecule has 80 valence electrons. The van der Waals surface area contributed by atoms with Crippen LogP contribution in [0, 0.1) is 15.4 Å². The van der Waals surface area contributed by atoms with Crippen LogP contribution in [0.5, 0.6) is 0 Å². The van der Waals surface area contributed by atoms with Crippen molar-refractivity contribution in [2.75, 3.05) is 0 Å². The maximum atomic E-state index is 5.54. The van der Waals surface area contributed by atoms with Crippen LogP contribution in [0.4, 0.5) is 0 Å². The van der Waals surface area contributed by atoms with Crippen molar-refractivity contribution in [3.05, 3.63) is 33.4 Å². The van der Waals surface area contributed by atoms with E-state index in [0.717, 1.165) is 12.8 Å². The van der Waals surface area contributed by atoms with Crippen molar-refractivity contribution < 1.29 is 0 Å². The van der Waals surface area contributed by atoms with Crippen LogP contribution in [-0.2, 0) is 0 Å². The van der Waals surface area contributed by atoms with Crippen LogP contribution in [0.1, 0.15) is 31.4 Å². The molecule has 1 rings (SSSR count). The van der Waals surface area contributed by atoms with Gasteiger partial charge in [-0.3, -0.25) is 11.3 Å². The average molecular weight is 314 g/mol. The summed E-state index contributed by atoms with van der Waals surface area (Å²) in [6.45, 7) is 1.86. The number of rotatable bonds is 4. The summed E-state index contributed by atoms with van der Waals surface area (Å²) in [5.74, 6) is 11.5. The summed E-state index contributed by atoms with van der Waals surface area (Å²) in [5, 5.41) is 0. The molecule has 0 amide bonds. The van der Waals surface area contributed by atoms with Crippen molar-refractivity contribution in [3.63, 3.8) is 0 Å². The fraction of sp³-hybridized carbons (Fsp3) is 0.333. The van der Waals surface area contributed by atoms with Crippen LogP contribution in [0.15, 0.2) is 24.3 Å². The van der Waals surface area contributed by atoms with Gasteiger partial charge in [-0.25, -0.2) is 0 Å². The molecule has 0 aromatic heterocycles. The Labute approximate surface area is 105 Å². The first kappa shape index (κ1) is 12.5. The van der Waals surface area contributed by atoms with Crippen LogP contribution in [-0.4, -0.2) is 0 Å². The summed E-state index contributed by atoms with van der Waals surface area (Å²) in [4.78, 5) is 0. The quantitative estimate of drug-likeness (QED) is 0.388. The molecule has 0 spiro atoms. The predicted molar refractivity (Wildman–Crippen MR) is 71.9 cm³/mol. The number of nitrogens with two attached hydrogens (primary N) is 1. The smallest absolute Gasteiger partial charge is 0.0469 e. The van der Waals surface area contributed by atoms with Crippen molar-refractivity contribution in [1.29, 1.82) is 0 Å². The molecule has 0 aliphatic rings. The minimum Gasteiger partial charge on any atom is -0.271 e. The lowest BCUT2D eigenvalue weighted by atomic mass is 10.0. The lowest BCUT2D eigenvalue weighted by Gasteiger charge is -2.15. The average Bonchev–Trinajstić information content (AvgIpc) is 2.24. The monoisotopic (exact) mass is 314 g/mol. The van der Waals surface area contributed by atoms with Crippen molar-refractivity contribution in [2.24, 2.45) is 5.84 Å². The van der Waals surface area contributed by atoms with Gasteiger partial charge in [-0.15, -0.1) is 11.8 Å². The number of nitrogens with one attached hydrogen (secondary N) is 1. The van der Waals surface area contributed by atoms with Gasteiger partial charge in [0.15, 0.2) is 0 Å². The summed E-state index contributed by atoms with van der Waals surface area (Å²) >= 11 is 2.30. The van der Waals surface area contributed by atoms with E-state index in [9.17, 15) is 0 Å². The zero-order chi connectivity index (χ0) is 11.1. The first-order valence-corrected chi connectivity index (χ1v) is 5.97. The van der Waals surface area contributed by atoms with Gasteiger partial charge in [-0.1, -0.05) is 12.1 Å². The minimum absolute atomic E-state index is 0.195. The lowest BCUT2D eigenvalue weighted by Crippen LogP contribution is -2.27. The van der Waals surface area contributed by atoms with Crippen LogP contribution < -0.4 is 11.3 Å². The van der Waals surface area contributed by atoms with Crippen LogP contribution >= 0.6 is 22.6 Å². The fourth-order valence-corrected chi connectivity index (χ4v) is 1.98. The standard InChI is InChI=1S/C12H15IN2/c1-2-3-4-8-12(15-14)10-6-5-7-11(13)9-10/h5-7,9,12,15H,4,8,14H2,1H3. The Morgan fingerprint density at radius 2 is 2.33 bits per heavy atom. The molecule has 15 heavy (non-hydrogen) atoms. The van der Waals surface area contributed by atoms with Gasteiger partial charge in [0.1, 0.15) is 0 Å². The molecule has 0 aliphatic heterocycles. The maximum absolute atomic E-state index is 5.54. The molecule has 0 fully saturated rings. The Kier molecular flexibility index (Phi) is 5.69. The molecule has 0 saturated carbocycles. The highest BCUT2D eigenvalue weighted by molar-refractivity contribution is 14.1. The van der Waals surface area contributed by atoms with E-state index in [2.05, 4.69) is 58.1 Å². The van der Waals surface area contributed by atoms with E-state index in [0.29, 0.717) is 0 Å². The van der Waals surface area contributed by atoms with Gasteiger partial charge in [0.05, 0.1) is 0 Å². The zero-order valence-electron chi connectivity index (χ0n) is 8.76. The van der Waals surface area contributed by atoms with Crippen LogP contribution in [0.25, 0.3) is 0 Å². The molecule has 2 nitrogen and oxygen atoms in total. The SMILES string of the molecule is CC#CCCC(NN)c1cccc(I)c1. The molecular formula is C12H15IN2. The minimum atomic E-state index is 0.195. The Morgan fingerprint density at radius 3 is 2.93 bits per heavy atom. The van der Waals surface area contributed by atoms with E-state index in [1.54, 1.807) is 0 Å². The van der Waals surface area contributed by atoms with Gasteiger partial charge in [-0.05, 0) is 53.6 Å². The lowest BCUT2D eigenvalue weighted by molar-refractivity contribution is 0.523. The van der Waals surface area contributed by atoms with Gasteiger partial charge in [0.25, 0.3) is 0 Å². The molecule has 0 radical (unpaired) electrons. The maximum Gasteiger partial charge on any atom is 0.0469 e. The van der Waals surface area contributed by atoms with Gasteiger partial charge in [0, 0.05) is 16.0 Å². The number of hydrazine groups is 1. The molecule has 3 heteroatoms. The van der Waals surface area contributed by atoms with E-state index >= 15 is 0 Å². The van der Waals surface area contributed by atoms with Gasteiger partial charge >= 0.3 is 0 Å². The second-order valence-electron chi connectivity index (χ2n) is 3.24. The number of hydrogen-bond donors (Lipinski definition) is 2. The van der Waals surface area contributed by atoms with E-state index in [-0.39, 0.29) is 6.04 Å². The zero-order valence-corrected chi connectivity index (χ0v) is 10.9. The largest absolute Gasteiger partial charge is 0.271 e. The number of benzene rings is 1. The first-order chi connectivity index (χ1) is 7.27. The van der Waals surface area contributed by atoms with Crippen molar-refractivity contribution in [2.45, 2.75) is 25.8 Å². The molecule has 1 unspecified atom stereocenters. The molecule has 0 heterocycles. The van der Waals surface area contributed by atoms with Crippen molar-refractivity contribution >= 4 is 22.6 Å². The first-order valence-electron chi connectivity index (χ1n) is 4.89. The van der Waals surface area contributed by atoms with E-state index in [1.165, 1.54) is 9.13 Å². The summed E-state index contributed by atoms with van der Waals surface area (Å²) in [5.41, 5.74) is 4.06. The molecule has 3 N–H and O–H groups in total. The molecule has 1 aromatic carbocycles. The topological polar surface area (TPSA) is 38.0 Å². The highest BCUT2D eigenvalue weighted by atomic mass is 127. The van der Waals surface area contributed by atoms with Gasteiger partial charge in [-0.2, -0.15) is 0 Å². The second kappa shape index (κ2) is 6.83. The molecular weight excluding hydrogens is 299 g/mol. The number of hydrogen-bond acceptors (Lipinski definition) is 2. The summed E-state index contributed by atoms with van der Waals surface area (Å²) in [6.07, 6.45) is 1.81. The fourth-order valence-electron chi connectivity index (χ4n) is 1.41. The third-order valence-corrected chi connectivity index (χ3v) is 2.86. The van der Waals surface area contributed by atoms with Crippen LogP contribution in [0.2, 0.25) is 0 Å². The molecule has 0 saturated heterocycles. The van der Waals surface area contributed by atoms with E-state index in [4.69, 9.17) is 5.84 Å². The van der Waals surface area contributed by atoms with Gasteiger partial charge in [0.2, 0.25) is 0 Å². The Bertz CT molecular complexity index is 365. The molecule has 1 atom stereocenters. The molecule has 0 aliphatic carbocycles. The normalized spacial score (nSPS) is 11.7. The van der Waals surface area contributed by atoms with Crippen molar-refractivity contribution in [3.8, 4) is 11.8 Å². The molecule has 0 bridgehead atoms. The van der Waals surface area contributed by atoms with E-state index < -0.39 is 0 Å². The van der Waals surface area contributed by atoms with E-state index in [1.807, 2.05) is 13.0 Å². The third-order valence-electron chi connectivity index (χ3n) is 2.19. The summed E-state index contributed by atoms with van der Waals surface area (Å²) < 4.78 is 1.23. The predicted octanol–water partition coefficient (Wildman–Crippen LogP) is 2.60. The summed E-state index contributed by atoms with van der Waals surface area (Å²) in [7, 11) is 0. The Morgan fingerprint density at radius 1 is 1.53 bits per heavy atom. The van der Waals surface area contributed by atoms with Gasteiger partial charge < -0.3 is 0 Å². The second-order valence-corrected chi connectivity index (χ2v) is 4.49. The van der Waals surface area contributed by atoms with Crippen LogP contribution in [0.3, 0.4) is 0 Å². The highest BCUT2D eigenvalue weighted by Gasteiger charge is 2.08. The Hall–Kier alpha value is -0.570. The third kappa shape index (κ3) is 4.20. The number of halogens is 1. The summed E-state index contributed by atoms with van der Waals surface area (Å²) in [6, 6.07) is 8.55.